The summed E-state index contributed by atoms with van der Waals surface area (Å²) in [6, 6.07) is 0. The van der Waals surface area contributed by atoms with Gasteiger partial charge in [-0.1, -0.05) is 12.7 Å². The lowest BCUT2D eigenvalue weighted by Gasteiger charge is -2.21. The topological polar surface area (TPSA) is 44.8 Å². The minimum Gasteiger partial charge on any atom is -0.433 e. The first-order valence-electron chi connectivity index (χ1n) is 4.76. The summed E-state index contributed by atoms with van der Waals surface area (Å²) in [7, 11) is 0. The van der Waals surface area contributed by atoms with E-state index in [0.29, 0.717) is 0 Å². The molecule has 0 radical (unpaired) electrons. The summed E-state index contributed by atoms with van der Waals surface area (Å²) in [5, 5.41) is 0. The van der Waals surface area contributed by atoms with Crippen molar-refractivity contribution in [1.82, 2.24) is 0 Å². The molecule has 0 aliphatic carbocycles. The Bertz CT molecular complexity index is 225. The SMILES string of the molecule is C=CC(=O)OC(C)OC(C)OC(C)C=C. The van der Waals surface area contributed by atoms with Crippen LogP contribution in [0.3, 0.4) is 0 Å². The van der Waals surface area contributed by atoms with E-state index in [0.717, 1.165) is 6.08 Å². The highest BCUT2D eigenvalue weighted by Gasteiger charge is 2.13. The summed E-state index contributed by atoms with van der Waals surface area (Å²) in [6.07, 6.45) is 1.49. The van der Waals surface area contributed by atoms with E-state index in [1.54, 1.807) is 19.9 Å². The van der Waals surface area contributed by atoms with Crippen LogP contribution in [-0.4, -0.2) is 24.7 Å². The summed E-state index contributed by atoms with van der Waals surface area (Å²) < 4.78 is 15.4. The summed E-state index contributed by atoms with van der Waals surface area (Å²) in [5.41, 5.74) is 0. The smallest absolute Gasteiger partial charge is 0.332 e. The number of rotatable bonds is 7. The van der Waals surface area contributed by atoms with Crippen molar-refractivity contribution in [3.8, 4) is 0 Å². The highest BCUT2D eigenvalue weighted by atomic mass is 16.8. The lowest BCUT2D eigenvalue weighted by Crippen LogP contribution is -2.26. The Balaban J connectivity index is 3.84. The number of hydrogen-bond donors (Lipinski definition) is 0. The van der Waals surface area contributed by atoms with Gasteiger partial charge in [0.2, 0.25) is 6.29 Å². The molecule has 0 amide bonds. The first-order chi connectivity index (χ1) is 6.99. The van der Waals surface area contributed by atoms with E-state index in [2.05, 4.69) is 13.2 Å². The van der Waals surface area contributed by atoms with Gasteiger partial charge in [-0.3, -0.25) is 0 Å². The van der Waals surface area contributed by atoms with Gasteiger partial charge < -0.3 is 14.2 Å². The van der Waals surface area contributed by atoms with Crippen LogP contribution < -0.4 is 0 Å². The maximum absolute atomic E-state index is 10.8. The van der Waals surface area contributed by atoms with Crippen molar-refractivity contribution < 1.29 is 19.0 Å². The molecular formula is C11H18O4. The van der Waals surface area contributed by atoms with Crippen LogP contribution in [0.15, 0.2) is 25.3 Å². The first kappa shape index (κ1) is 13.9. The fraction of sp³-hybridized carbons (Fsp3) is 0.545. The van der Waals surface area contributed by atoms with E-state index >= 15 is 0 Å². The van der Waals surface area contributed by atoms with Crippen LogP contribution in [0.5, 0.6) is 0 Å². The van der Waals surface area contributed by atoms with Crippen molar-refractivity contribution in [2.24, 2.45) is 0 Å². The predicted octanol–water partition coefficient (Wildman–Crippen LogP) is 2.02. The molecule has 0 aromatic heterocycles. The van der Waals surface area contributed by atoms with Gasteiger partial charge in [0.05, 0.1) is 6.10 Å². The molecule has 0 N–H and O–H groups in total. The fourth-order valence-corrected chi connectivity index (χ4v) is 0.899. The second-order valence-electron chi connectivity index (χ2n) is 2.99. The Morgan fingerprint density at radius 1 is 1.13 bits per heavy atom. The van der Waals surface area contributed by atoms with Gasteiger partial charge in [0, 0.05) is 6.08 Å². The average molecular weight is 214 g/mol. The van der Waals surface area contributed by atoms with Crippen LogP contribution in [0.4, 0.5) is 0 Å². The standard InChI is InChI=1S/C11H18O4/c1-6-8(3)13-9(4)14-10(5)15-11(12)7-2/h6-10H,1-2H2,3-5H3. The molecule has 0 aliphatic rings. The lowest BCUT2D eigenvalue weighted by molar-refractivity contribution is -0.232. The molecule has 0 saturated carbocycles. The van der Waals surface area contributed by atoms with Crippen LogP contribution in [0.25, 0.3) is 0 Å². The lowest BCUT2D eigenvalue weighted by atomic mass is 10.4. The van der Waals surface area contributed by atoms with E-state index < -0.39 is 18.5 Å². The van der Waals surface area contributed by atoms with Crippen LogP contribution in [0, 0.1) is 0 Å². The highest BCUT2D eigenvalue weighted by molar-refractivity contribution is 5.81. The molecule has 86 valence electrons. The molecule has 4 heteroatoms. The van der Waals surface area contributed by atoms with Crippen LogP contribution in [0.2, 0.25) is 0 Å². The zero-order valence-electron chi connectivity index (χ0n) is 9.43. The van der Waals surface area contributed by atoms with Crippen molar-refractivity contribution in [3.63, 3.8) is 0 Å². The maximum atomic E-state index is 10.8. The molecule has 3 unspecified atom stereocenters. The van der Waals surface area contributed by atoms with E-state index in [1.165, 1.54) is 0 Å². The van der Waals surface area contributed by atoms with Crippen molar-refractivity contribution >= 4 is 5.97 Å². The number of carbonyl (C=O) groups excluding carboxylic acids is 1. The van der Waals surface area contributed by atoms with Crippen molar-refractivity contribution in [2.45, 2.75) is 39.5 Å². The van der Waals surface area contributed by atoms with Gasteiger partial charge in [-0.25, -0.2) is 4.79 Å². The third-order valence-electron chi connectivity index (χ3n) is 1.57. The van der Waals surface area contributed by atoms with Gasteiger partial charge in [-0.05, 0) is 20.8 Å². The molecule has 15 heavy (non-hydrogen) atoms. The Kier molecular flexibility index (Phi) is 6.66. The van der Waals surface area contributed by atoms with Gasteiger partial charge >= 0.3 is 5.97 Å². The van der Waals surface area contributed by atoms with Gasteiger partial charge in [0.25, 0.3) is 0 Å². The molecule has 0 heterocycles. The second-order valence-corrected chi connectivity index (χ2v) is 2.99. The Labute approximate surface area is 90.5 Å². The molecule has 0 fully saturated rings. The zero-order valence-corrected chi connectivity index (χ0v) is 9.43. The third kappa shape index (κ3) is 6.88. The molecule has 0 aromatic carbocycles. The number of hydrogen-bond acceptors (Lipinski definition) is 4. The molecular weight excluding hydrogens is 196 g/mol. The van der Waals surface area contributed by atoms with Crippen molar-refractivity contribution in [2.75, 3.05) is 0 Å². The van der Waals surface area contributed by atoms with Crippen molar-refractivity contribution in [1.29, 1.82) is 0 Å². The Morgan fingerprint density at radius 3 is 2.20 bits per heavy atom. The predicted molar refractivity (Wildman–Crippen MR) is 57.0 cm³/mol. The molecule has 3 atom stereocenters. The first-order valence-corrected chi connectivity index (χ1v) is 4.76. The summed E-state index contributed by atoms with van der Waals surface area (Å²) >= 11 is 0. The average Bonchev–Trinajstić information content (AvgIpc) is 2.16. The third-order valence-corrected chi connectivity index (χ3v) is 1.57. The molecule has 0 rings (SSSR count). The minimum absolute atomic E-state index is 0.109. The van der Waals surface area contributed by atoms with E-state index in [1.807, 2.05) is 6.92 Å². The Hall–Kier alpha value is -1.13. The number of ether oxygens (including phenoxy) is 3. The van der Waals surface area contributed by atoms with E-state index in [4.69, 9.17) is 14.2 Å². The minimum atomic E-state index is -0.664. The molecule has 0 saturated heterocycles. The zero-order chi connectivity index (χ0) is 11.8. The van der Waals surface area contributed by atoms with E-state index in [-0.39, 0.29) is 6.10 Å². The van der Waals surface area contributed by atoms with Crippen LogP contribution >= 0.6 is 0 Å². The summed E-state index contributed by atoms with van der Waals surface area (Å²) in [5.74, 6) is -0.522. The highest BCUT2D eigenvalue weighted by Crippen LogP contribution is 2.05. The van der Waals surface area contributed by atoms with E-state index in [9.17, 15) is 4.79 Å². The summed E-state index contributed by atoms with van der Waals surface area (Å²) in [6.45, 7) is 12.0. The molecule has 0 aliphatic heterocycles. The van der Waals surface area contributed by atoms with Gasteiger partial charge in [-0.15, -0.1) is 6.58 Å². The Morgan fingerprint density at radius 2 is 1.73 bits per heavy atom. The van der Waals surface area contributed by atoms with Gasteiger partial charge in [-0.2, -0.15) is 0 Å². The van der Waals surface area contributed by atoms with Crippen molar-refractivity contribution in [3.05, 3.63) is 25.3 Å². The van der Waals surface area contributed by atoms with Gasteiger partial charge in [0.1, 0.15) is 0 Å². The van der Waals surface area contributed by atoms with Gasteiger partial charge in [0.15, 0.2) is 6.29 Å². The maximum Gasteiger partial charge on any atom is 0.332 e. The fourth-order valence-electron chi connectivity index (χ4n) is 0.899. The molecule has 0 bridgehead atoms. The molecule has 0 aromatic rings. The quantitative estimate of drug-likeness (QED) is 0.281. The molecule has 0 spiro atoms. The second kappa shape index (κ2) is 7.20. The van der Waals surface area contributed by atoms with Crippen LogP contribution in [-0.2, 0) is 19.0 Å². The van der Waals surface area contributed by atoms with Crippen LogP contribution in [0.1, 0.15) is 20.8 Å². The number of carbonyl (C=O) groups is 1. The number of esters is 1. The summed E-state index contributed by atoms with van der Waals surface area (Å²) in [4.78, 5) is 10.8. The monoisotopic (exact) mass is 214 g/mol. The normalized spacial score (nSPS) is 16.2. The largest absolute Gasteiger partial charge is 0.433 e. The molecule has 4 nitrogen and oxygen atoms in total.